The van der Waals surface area contributed by atoms with Gasteiger partial charge in [-0.05, 0) is 43.2 Å². The SMILES string of the molecule is O=c1c2sc3nccc(NC4CC4)c3c2cnn1-c1ccc(Cl)cc1. The monoisotopic (exact) mass is 368 g/mol. The van der Waals surface area contributed by atoms with Crippen LogP contribution in [0.25, 0.3) is 26.0 Å². The molecule has 5 nitrogen and oxygen atoms in total. The second-order valence-electron chi connectivity index (χ2n) is 6.14. The summed E-state index contributed by atoms with van der Waals surface area (Å²) in [5, 5.41) is 10.4. The molecule has 0 bridgehead atoms. The first kappa shape index (κ1) is 14.9. The fraction of sp³-hybridized carbons (Fsp3) is 0.167. The van der Waals surface area contributed by atoms with Gasteiger partial charge in [0.2, 0.25) is 0 Å². The summed E-state index contributed by atoms with van der Waals surface area (Å²) in [6.07, 6.45) is 5.92. The van der Waals surface area contributed by atoms with E-state index in [1.807, 2.05) is 6.07 Å². The van der Waals surface area contributed by atoms with E-state index in [2.05, 4.69) is 15.4 Å². The molecule has 124 valence electrons. The van der Waals surface area contributed by atoms with Gasteiger partial charge in [0.15, 0.2) is 0 Å². The van der Waals surface area contributed by atoms with E-state index in [1.54, 1.807) is 36.7 Å². The molecule has 0 unspecified atom stereocenters. The van der Waals surface area contributed by atoms with Crippen LogP contribution in [0.4, 0.5) is 5.69 Å². The summed E-state index contributed by atoms with van der Waals surface area (Å²) in [5.74, 6) is 0. The van der Waals surface area contributed by atoms with Crippen molar-refractivity contribution in [3.8, 4) is 5.69 Å². The highest BCUT2D eigenvalue weighted by Crippen LogP contribution is 2.37. The lowest BCUT2D eigenvalue weighted by molar-refractivity contribution is 0.823. The average Bonchev–Trinajstić information content (AvgIpc) is 3.34. The van der Waals surface area contributed by atoms with Crippen LogP contribution in [0.5, 0.6) is 0 Å². The van der Waals surface area contributed by atoms with Crippen molar-refractivity contribution < 1.29 is 0 Å². The maximum Gasteiger partial charge on any atom is 0.289 e. The number of hydrogen-bond acceptors (Lipinski definition) is 5. The topological polar surface area (TPSA) is 59.8 Å². The van der Waals surface area contributed by atoms with Crippen LogP contribution in [0.3, 0.4) is 0 Å². The van der Waals surface area contributed by atoms with Gasteiger partial charge in [-0.2, -0.15) is 9.78 Å². The Bertz CT molecular complexity index is 1160. The molecule has 1 aromatic carbocycles. The van der Waals surface area contributed by atoms with Gasteiger partial charge in [0.25, 0.3) is 5.56 Å². The van der Waals surface area contributed by atoms with Crippen LogP contribution in [0.15, 0.2) is 47.5 Å². The third-order valence-electron chi connectivity index (χ3n) is 4.33. The normalized spacial score (nSPS) is 14.3. The van der Waals surface area contributed by atoms with Crippen LogP contribution in [-0.4, -0.2) is 20.8 Å². The molecular formula is C18H13ClN4OS. The Hall–Kier alpha value is -2.44. The first-order valence-electron chi connectivity index (χ1n) is 8.03. The van der Waals surface area contributed by atoms with Crippen LogP contribution >= 0.6 is 22.9 Å². The predicted molar refractivity (Wildman–Crippen MR) is 102 cm³/mol. The molecule has 4 aromatic rings. The number of anilines is 1. The van der Waals surface area contributed by atoms with Gasteiger partial charge >= 0.3 is 0 Å². The molecule has 0 spiro atoms. The summed E-state index contributed by atoms with van der Waals surface area (Å²) in [5.41, 5.74) is 1.59. The highest BCUT2D eigenvalue weighted by atomic mass is 35.5. The summed E-state index contributed by atoms with van der Waals surface area (Å²) >= 11 is 7.34. The zero-order valence-electron chi connectivity index (χ0n) is 13.1. The molecular weight excluding hydrogens is 356 g/mol. The van der Waals surface area contributed by atoms with Gasteiger partial charge in [0, 0.05) is 33.7 Å². The van der Waals surface area contributed by atoms with E-state index >= 15 is 0 Å². The number of halogens is 1. The standard InChI is InChI=1S/C18H13ClN4OS/c19-10-1-5-12(6-2-10)23-18(24)16-13(9-21-23)15-14(22-11-3-4-11)7-8-20-17(15)25-16/h1-2,5-9,11H,3-4H2,(H,20,22). The molecule has 0 amide bonds. The predicted octanol–water partition coefficient (Wildman–Crippen LogP) is 4.22. The second-order valence-corrected chi connectivity index (χ2v) is 7.58. The van der Waals surface area contributed by atoms with Gasteiger partial charge in [0.1, 0.15) is 9.53 Å². The number of nitrogens with one attached hydrogen (secondary N) is 1. The fourth-order valence-electron chi connectivity index (χ4n) is 2.93. The Balaban J connectivity index is 1.74. The Labute approximate surface area is 151 Å². The Morgan fingerprint density at radius 1 is 1.20 bits per heavy atom. The lowest BCUT2D eigenvalue weighted by Crippen LogP contribution is -2.19. The quantitative estimate of drug-likeness (QED) is 0.588. The molecule has 7 heteroatoms. The minimum atomic E-state index is -0.139. The van der Waals surface area contributed by atoms with Gasteiger partial charge in [-0.3, -0.25) is 4.79 Å². The lowest BCUT2D eigenvalue weighted by Gasteiger charge is -2.06. The highest BCUT2D eigenvalue weighted by Gasteiger charge is 2.23. The summed E-state index contributed by atoms with van der Waals surface area (Å²) in [4.78, 5) is 18.3. The molecule has 1 aliphatic rings. The largest absolute Gasteiger partial charge is 0.382 e. The minimum Gasteiger partial charge on any atom is -0.382 e. The van der Waals surface area contributed by atoms with E-state index in [1.165, 1.54) is 28.9 Å². The molecule has 0 atom stereocenters. The lowest BCUT2D eigenvalue weighted by atomic mass is 10.2. The van der Waals surface area contributed by atoms with Crippen LogP contribution in [0.2, 0.25) is 5.02 Å². The molecule has 0 radical (unpaired) electrons. The zero-order chi connectivity index (χ0) is 17.0. The molecule has 1 fully saturated rings. The van der Waals surface area contributed by atoms with Crippen molar-refractivity contribution in [1.82, 2.24) is 14.8 Å². The average molecular weight is 369 g/mol. The number of fused-ring (bicyclic) bond motifs is 3. The number of thiophene rings is 1. The molecule has 3 heterocycles. The Kier molecular flexibility index (Phi) is 3.29. The fourth-order valence-corrected chi connectivity index (χ4v) is 4.12. The Morgan fingerprint density at radius 2 is 2.00 bits per heavy atom. The number of nitrogens with zero attached hydrogens (tertiary/aromatic N) is 3. The number of pyridine rings is 1. The van der Waals surface area contributed by atoms with E-state index in [9.17, 15) is 4.79 Å². The summed E-state index contributed by atoms with van der Waals surface area (Å²) in [6.45, 7) is 0. The van der Waals surface area contributed by atoms with Crippen molar-refractivity contribution >= 4 is 48.9 Å². The summed E-state index contributed by atoms with van der Waals surface area (Å²) in [6, 6.07) is 9.57. The van der Waals surface area contributed by atoms with Crippen molar-refractivity contribution in [3.63, 3.8) is 0 Å². The molecule has 0 saturated heterocycles. The van der Waals surface area contributed by atoms with Gasteiger partial charge in [0.05, 0.1) is 11.9 Å². The van der Waals surface area contributed by atoms with Crippen LogP contribution in [0, 0.1) is 0 Å². The van der Waals surface area contributed by atoms with Crippen LogP contribution < -0.4 is 10.9 Å². The van der Waals surface area contributed by atoms with Crippen LogP contribution in [-0.2, 0) is 0 Å². The van der Waals surface area contributed by atoms with E-state index in [-0.39, 0.29) is 5.56 Å². The van der Waals surface area contributed by atoms with E-state index < -0.39 is 0 Å². The van der Waals surface area contributed by atoms with Gasteiger partial charge in [-0.1, -0.05) is 11.6 Å². The number of benzene rings is 1. The van der Waals surface area contributed by atoms with Gasteiger partial charge in [-0.15, -0.1) is 11.3 Å². The van der Waals surface area contributed by atoms with Crippen molar-refractivity contribution in [2.24, 2.45) is 0 Å². The minimum absolute atomic E-state index is 0.139. The van der Waals surface area contributed by atoms with E-state index in [0.29, 0.717) is 21.5 Å². The maximum absolute atomic E-state index is 13.0. The molecule has 3 aromatic heterocycles. The third-order valence-corrected chi connectivity index (χ3v) is 5.68. The van der Waals surface area contributed by atoms with Gasteiger partial charge < -0.3 is 5.32 Å². The molecule has 1 aliphatic carbocycles. The third kappa shape index (κ3) is 2.49. The van der Waals surface area contributed by atoms with Crippen molar-refractivity contribution in [1.29, 1.82) is 0 Å². The molecule has 1 N–H and O–H groups in total. The Morgan fingerprint density at radius 3 is 2.76 bits per heavy atom. The highest BCUT2D eigenvalue weighted by molar-refractivity contribution is 7.25. The smallest absolute Gasteiger partial charge is 0.289 e. The van der Waals surface area contributed by atoms with E-state index in [0.717, 1.165) is 21.3 Å². The molecule has 0 aliphatic heterocycles. The van der Waals surface area contributed by atoms with Crippen LogP contribution in [0.1, 0.15) is 12.8 Å². The molecule has 5 rings (SSSR count). The first-order chi connectivity index (χ1) is 12.2. The second kappa shape index (κ2) is 5.54. The number of hydrogen-bond donors (Lipinski definition) is 1. The van der Waals surface area contributed by atoms with Crippen molar-refractivity contribution in [2.75, 3.05) is 5.32 Å². The molecule has 1 saturated carbocycles. The number of rotatable bonds is 3. The maximum atomic E-state index is 13.0. The zero-order valence-corrected chi connectivity index (χ0v) is 14.6. The summed E-state index contributed by atoms with van der Waals surface area (Å²) < 4.78 is 2.07. The number of aromatic nitrogens is 3. The first-order valence-corrected chi connectivity index (χ1v) is 9.22. The van der Waals surface area contributed by atoms with Crippen molar-refractivity contribution in [2.45, 2.75) is 18.9 Å². The molecule has 25 heavy (non-hydrogen) atoms. The van der Waals surface area contributed by atoms with Crippen molar-refractivity contribution in [3.05, 3.63) is 58.1 Å². The summed E-state index contributed by atoms with van der Waals surface area (Å²) in [7, 11) is 0. The van der Waals surface area contributed by atoms with Gasteiger partial charge in [-0.25, -0.2) is 4.98 Å². The van der Waals surface area contributed by atoms with E-state index in [4.69, 9.17) is 11.6 Å².